The van der Waals surface area contributed by atoms with Gasteiger partial charge in [0.2, 0.25) is 0 Å². The van der Waals surface area contributed by atoms with Gasteiger partial charge in [0.15, 0.2) is 0 Å². The first kappa shape index (κ1) is 17.5. The van der Waals surface area contributed by atoms with Gasteiger partial charge in [-0.1, -0.05) is 30.3 Å². The van der Waals surface area contributed by atoms with E-state index in [2.05, 4.69) is 24.0 Å². The second-order valence-corrected chi connectivity index (χ2v) is 5.60. The molecular weight excluding hydrogens is 304 g/mol. The Hall–Kier alpha value is -2.82. The van der Waals surface area contributed by atoms with Crippen molar-refractivity contribution in [3.8, 4) is 0 Å². The zero-order valence-corrected chi connectivity index (χ0v) is 14.0. The minimum atomic E-state index is -1.03. The van der Waals surface area contributed by atoms with E-state index in [1.807, 2.05) is 30.3 Å². The highest BCUT2D eigenvalue weighted by Gasteiger charge is 2.14. The Morgan fingerprint density at radius 1 is 1.00 bits per heavy atom. The average Bonchev–Trinajstić information content (AvgIpc) is 2.59. The number of hydrogen-bond donors (Lipinski definition) is 1. The summed E-state index contributed by atoms with van der Waals surface area (Å²) in [4.78, 5) is 26.3. The molecule has 126 valence electrons. The van der Waals surface area contributed by atoms with E-state index in [0.717, 1.165) is 18.8 Å². The molecule has 0 aliphatic carbocycles. The standard InChI is InChI=1S/C19H22N2O3/c1-3-21(13-15-7-5-4-6-8-15)17-11-9-16(10-12-17)19(24)20(2)14-18(22)23/h4-12H,3,13-14H2,1-2H3,(H,22,23). The number of likely N-dealkylation sites (N-methyl/N-ethyl adjacent to an activating group) is 1. The van der Waals surface area contributed by atoms with Gasteiger partial charge in [-0.3, -0.25) is 9.59 Å². The summed E-state index contributed by atoms with van der Waals surface area (Å²) >= 11 is 0. The lowest BCUT2D eigenvalue weighted by Crippen LogP contribution is -2.32. The first-order valence-electron chi connectivity index (χ1n) is 7.87. The number of carbonyl (C=O) groups is 2. The van der Waals surface area contributed by atoms with Crippen LogP contribution in [0.2, 0.25) is 0 Å². The molecule has 2 rings (SSSR count). The van der Waals surface area contributed by atoms with Crippen molar-refractivity contribution in [2.45, 2.75) is 13.5 Å². The number of amides is 1. The summed E-state index contributed by atoms with van der Waals surface area (Å²) in [6, 6.07) is 17.5. The van der Waals surface area contributed by atoms with Crippen molar-refractivity contribution in [1.82, 2.24) is 4.90 Å². The highest BCUT2D eigenvalue weighted by atomic mass is 16.4. The molecule has 5 heteroatoms. The van der Waals surface area contributed by atoms with Crippen LogP contribution in [0.4, 0.5) is 5.69 Å². The van der Waals surface area contributed by atoms with E-state index in [1.165, 1.54) is 17.5 Å². The lowest BCUT2D eigenvalue weighted by Gasteiger charge is -2.23. The third kappa shape index (κ3) is 4.59. The lowest BCUT2D eigenvalue weighted by molar-refractivity contribution is -0.137. The van der Waals surface area contributed by atoms with Crippen molar-refractivity contribution < 1.29 is 14.7 Å². The van der Waals surface area contributed by atoms with E-state index in [-0.39, 0.29) is 12.5 Å². The second-order valence-electron chi connectivity index (χ2n) is 5.60. The molecule has 5 nitrogen and oxygen atoms in total. The number of carbonyl (C=O) groups excluding carboxylic acids is 1. The Labute approximate surface area is 142 Å². The fourth-order valence-corrected chi connectivity index (χ4v) is 2.50. The Bertz CT molecular complexity index is 684. The first-order chi connectivity index (χ1) is 11.5. The van der Waals surface area contributed by atoms with Gasteiger partial charge in [0.05, 0.1) is 0 Å². The molecule has 2 aromatic carbocycles. The van der Waals surface area contributed by atoms with Crippen LogP contribution in [0.5, 0.6) is 0 Å². The van der Waals surface area contributed by atoms with E-state index >= 15 is 0 Å². The van der Waals surface area contributed by atoms with Gasteiger partial charge < -0.3 is 14.9 Å². The molecule has 0 saturated heterocycles. The molecule has 0 spiro atoms. The molecule has 2 aromatic rings. The number of rotatable bonds is 7. The van der Waals surface area contributed by atoms with Gasteiger partial charge in [0, 0.05) is 31.4 Å². The SMILES string of the molecule is CCN(Cc1ccccc1)c1ccc(C(=O)N(C)CC(=O)O)cc1. The first-order valence-corrected chi connectivity index (χ1v) is 7.87. The van der Waals surface area contributed by atoms with Crippen LogP contribution in [0, 0.1) is 0 Å². The van der Waals surface area contributed by atoms with Gasteiger partial charge in [-0.05, 0) is 36.8 Å². The average molecular weight is 326 g/mol. The summed E-state index contributed by atoms with van der Waals surface area (Å²) in [6.45, 7) is 3.42. The van der Waals surface area contributed by atoms with Gasteiger partial charge in [-0.2, -0.15) is 0 Å². The van der Waals surface area contributed by atoms with Crippen molar-refractivity contribution >= 4 is 17.6 Å². The Morgan fingerprint density at radius 3 is 2.17 bits per heavy atom. The number of hydrogen-bond acceptors (Lipinski definition) is 3. The quantitative estimate of drug-likeness (QED) is 0.850. The van der Waals surface area contributed by atoms with E-state index in [4.69, 9.17) is 5.11 Å². The molecule has 0 fully saturated rings. The maximum absolute atomic E-state index is 12.2. The van der Waals surface area contributed by atoms with Crippen LogP contribution < -0.4 is 4.90 Å². The highest BCUT2D eigenvalue weighted by molar-refractivity contribution is 5.95. The predicted octanol–water partition coefficient (Wildman–Crippen LogP) is 2.87. The molecule has 0 aliphatic heterocycles. The monoisotopic (exact) mass is 326 g/mol. The summed E-state index contributed by atoms with van der Waals surface area (Å²) in [5.41, 5.74) is 2.73. The van der Waals surface area contributed by atoms with Crippen molar-refractivity contribution in [2.24, 2.45) is 0 Å². The van der Waals surface area contributed by atoms with E-state index in [1.54, 1.807) is 12.1 Å². The van der Waals surface area contributed by atoms with Crippen molar-refractivity contribution in [3.05, 3.63) is 65.7 Å². The molecular formula is C19H22N2O3. The van der Waals surface area contributed by atoms with E-state index in [9.17, 15) is 9.59 Å². The number of carboxylic acid groups (broad SMARTS) is 1. The number of carboxylic acids is 1. The van der Waals surface area contributed by atoms with Gasteiger partial charge in [0.25, 0.3) is 5.91 Å². The summed E-state index contributed by atoms with van der Waals surface area (Å²) < 4.78 is 0. The highest BCUT2D eigenvalue weighted by Crippen LogP contribution is 2.18. The summed E-state index contributed by atoms with van der Waals surface area (Å²) in [7, 11) is 1.48. The number of aliphatic carboxylic acids is 1. The van der Waals surface area contributed by atoms with Crippen molar-refractivity contribution in [3.63, 3.8) is 0 Å². The molecule has 0 heterocycles. The second kappa shape index (κ2) is 8.15. The molecule has 0 aromatic heterocycles. The molecule has 0 radical (unpaired) electrons. The summed E-state index contributed by atoms with van der Waals surface area (Å²) in [5, 5.41) is 8.77. The topological polar surface area (TPSA) is 60.9 Å². The minimum Gasteiger partial charge on any atom is -0.480 e. The third-order valence-corrected chi connectivity index (χ3v) is 3.80. The van der Waals surface area contributed by atoms with Crippen LogP contribution in [0.3, 0.4) is 0 Å². The molecule has 1 amide bonds. The summed E-state index contributed by atoms with van der Waals surface area (Å²) in [6.07, 6.45) is 0. The summed E-state index contributed by atoms with van der Waals surface area (Å²) in [5.74, 6) is -1.32. The molecule has 0 saturated carbocycles. The van der Waals surface area contributed by atoms with Crippen LogP contribution >= 0.6 is 0 Å². The van der Waals surface area contributed by atoms with E-state index < -0.39 is 5.97 Å². The molecule has 24 heavy (non-hydrogen) atoms. The fourth-order valence-electron chi connectivity index (χ4n) is 2.50. The van der Waals surface area contributed by atoms with Crippen molar-refractivity contribution in [2.75, 3.05) is 25.0 Å². The number of anilines is 1. The maximum Gasteiger partial charge on any atom is 0.323 e. The largest absolute Gasteiger partial charge is 0.480 e. The number of benzene rings is 2. The number of nitrogens with zero attached hydrogens (tertiary/aromatic N) is 2. The third-order valence-electron chi connectivity index (χ3n) is 3.80. The van der Waals surface area contributed by atoms with Crippen LogP contribution in [0.1, 0.15) is 22.8 Å². The molecule has 0 aliphatic rings. The molecule has 0 bridgehead atoms. The Kier molecular flexibility index (Phi) is 5.95. The lowest BCUT2D eigenvalue weighted by atomic mass is 10.1. The van der Waals surface area contributed by atoms with E-state index in [0.29, 0.717) is 5.56 Å². The molecule has 0 unspecified atom stereocenters. The Balaban J connectivity index is 2.09. The molecule has 1 N–H and O–H groups in total. The van der Waals surface area contributed by atoms with Gasteiger partial charge in [-0.15, -0.1) is 0 Å². The van der Waals surface area contributed by atoms with Crippen LogP contribution in [0.15, 0.2) is 54.6 Å². The van der Waals surface area contributed by atoms with Crippen molar-refractivity contribution in [1.29, 1.82) is 0 Å². The van der Waals surface area contributed by atoms with Gasteiger partial charge >= 0.3 is 5.97 Å². The van der Waals surface area contributed by atoms with Crippen LogP contribution in [-0.4, -0.2) is 42.0 Å². The Morgan fingerprint density at radius 2 is 1.62 bits per heavy atom. The fraction of sp³-hybridized carbons (Fsp3) is 0.263. The van der Waals surface area contributed by atoms with Crippen LogP contribution in [0.25, 0.3) is 0 Å². The van der Waals surface area contributed by atoms with Crippen LogP contribution in [-0.2, 0) is 11.3 Å². The minimum absolute atomic E-state index is 0.296. The molecule has 0 atom stereocenters. The van der Waals surface area contributed by atoms with Gasteiger partial charge in [0.1, 0.15) is 6.54 Å². The zero-order valence-electron chi connectivity index (χ0n) is 14.0. The zero-order chi connectivity index (χ0) is 17.5. The maximum atomic E-state index is 12.2. The predicted molar refractivity (Wildman–Crippen MR) is 94.2 cm³/mol. The van der Waals surface area contributed by atoms with Gasteiger partial charge in [-0.25, -0.2) is 0 Å². The smallest absolute Gasteiger partial charge is 0.323 e. The normalized spacial score (nSPS) is 10.2.